The van der Waals surface area contributed by atoms with Gasteiger partial charge in [0.1, 0.15) is 0 Å². The van der Waals surface area contributed by atoms with Crippen LogP contribution in [0.5, 0.6) is 0 Å². The van der Waals surface area contributed by atoms with Gasteiger partial charge in [-0.25, -0.2) is 4.79 Å². The molecule has 19 heavy (non-hydrogen) atoms. The van der Waals surface area contributed by atoms with Crippen LogP contribution in [0.25, 0.3) is 0 Å². The zero-order chi connectivity index (χ0) is 14.3. The Morgan fingerprint density at radius 3 is 2.37 bits per heavy atom. The Balaban J connectivity index is 2.30. The van der Waals surface area contributed by atoms with E-state index in [0.717, 1.165) is 12.8 Å². The van der Waals surface area contributed by atoms with E-state index in [1.54, 1.807) is 0 Å². The summed E-state index contributed by atoms with van der Waals surface area (Å²) in [7, 11) is 0. The van der Waals surface area contributed by atoms with Gasteiger partial charge in [0, 0.05) is 6.54 Å². The molecule has 0 aromatic rings. The number of carboxylic acid groups (broad SMARTS) is 1. The molecule has 3 amide bonds. The maximum absolute atomic E-state index is 11.6. The summed E-state index contributed by atoms with van der Waals surface area (Å²) >= 11 is 0. The topological polar surface area (TPSA) is 108 Å². The molecule has 0 radical (unpaired) electrons. The normalized spacial score (nSPS) is 16.1. The van der Waals surface area contributed by atoms with Crippen LogP contribution in [0, 0.1) is 0 Å². The summed E-state index contributed by atoms with van der Waals surface area (Å²) in [6.45, 7) is 2.41. The average molecular weight is 271 g/mol. The Hall–Kier alpha value is -1.79. The minimum Gasteiger partial charge on any atom is -0.481 e. The van der Waals surface area contributed by atoms with Gasteiger partial charge in [-0.2, -0.15) is 0 Å². The molecule has 0 aliphatic heterocycles. The quantitative estimate of drug-likeness (QED) is 0.531. The molecule has 7 nitrogen and oxygen atoms in total. The molecule has 108 valence electrons. The van der Waals surface area contributed by atoms with Gasteiger partial charge >= 0.3 is 12.0 Å². The fourth-order valence-corrected chi connectivity index (χ4v) is 2.01. The third-order valence-electron chi connectivity index (χ3n) is 3.16. The van der Waals surface area contributed by atoms with Crippen molar-refractivity contribution in [3.05, 3.63) is 0 Å². The molecule has 1 fully saturated rings. The zero-order valence-electron chi connectivity index (χ0n) is 11.1. The summed E-state index contributed by atoms with van der Waals surface area (Å²) in [5, 5.41) is 16.5. The van der Waals surface area contributed by atoms with Crippen molar-refractivity contribution >= 4 is 17.9 Å². The SMILES string of the molecule is CCCNC(=O)CNC(=O)NC1(CC(=O)O)CCC1. The van der Waals surface area contributed by atoms with Gasteiger partial charge in [0.2, 0.25) is 5.91 Å². The van der Waals surface area contributed by atoms with Crippen molar-refractivity contribution in [1.29, 1.82) is 0 Å². The lowest BCUT2D eigenvalue weighted by Gasteiger charge is -2.41. The first kappa shape index (κ1) is 15.3. The number of carbonyl (C=O) groups excluding carboxylic acids is 2. The van der Waals surface area contributed by atoms with E-state index in [1.807, 2.05) is 6.92 Å². The second-order valence-corrected chi connectivity index (χ2v) is 4.86. The molecule has 0 spiro atoms. The van der Waals surface area contributed by atoms with Gasteiger partial charge in [-0.05, 0) is 25.7 Å². The summed E-state index contributed by atoms with van der Waals surface area (Å²) < 4.78 is 0. The van der Waals surface area contributed by atoms with Gasteiger partial charge in [0.15, 0.2) is 0 Å². The van der Waals surface area contributed by atoms with E-state index in [-0.39, 0.29) is 18.9 Å². The third-order valence-corrected chi connectivity index (χ3v) is 3.16. The van der Waals surface area contributed by atoms with Crippen molar-refractivity contribution in [2.24, 2.45) is 0 Å². The van der Waals surface area contributed by atoms with Gasteiger partial charge in [-0.3, -0.25) is 9.59 Å². The largest absolute Gasteiger partial charge is 0.481 e. The molecular formula is C12H21N3O4. The molecule has 1 aliphatic carbocycles. The van der Waals surface area contributed by atoms with Crippen LogP contribution in [0.15, 0.2) is 0 Å². The lowest BCUT2D eigenvalue weighted by atomic mass is 9.74. The summed E-state index contributed by atoms with van der Waals surface area (Å²) in [5.74, 6) is -1.18. The van der Waals surface area contributed by atoms with E-state index in [1.165, 1.54) is 0 Å². The van der Waals surface area contributed by atoms with Gasteiger partial charge in [0.25, 0.3) is 0 Å². The predicted molar refractivity (Wildman–Crippen MR) is 68.7 cm³/mol. The van der Waals surface area contributed by atoms with Crippen LogP contribution in [-0.4, -0.2) is 41.6 Å². The molecule has 0 atom stereocenters. The van der Waals surface area contributed by atoms with Crippen molar-refractivity contribution < 1.29 is 19.5 Å². The lowest BCUT2D eigenvalue weighted by Crippen LogP contribution is -2.58. The molecule has 0 heterocycles. The fraction of sp³-hybridized carbons (Fsp3) is 0.750. The highest BCUT2D eigenvalue weighted by molar-refractivity contribution is 5.84. The maximum atomic E-state index is 11.6. The number of rotatable bonds is 7. The standard InChI is InChI=1S/C12H21N3O4/c1-2-6-13-9(16)8-14-11(19)15-12(4-3-5-12)7-10(17)18/h2-8H2,1H3,(H,13,16)(H,17,18)(H2,14,15,19). The van der Waals surface area contributed by atoms with Crippen LogP contribution in [-0.2, 0) is 9.59 Å². The van der Waals surface area contributed by atoms with Crippen molar-refractivity contribution in [1.82, 2.24) is 16.0 Å². The lowest BCUT2D eigenvalue weighted by molar-refractivity contribution is -0.139. The smallest absolute Gasteiger partial charge is 0.315 e. The average Bonchev–Trinajstić information content (AvgIpc) is 2.30. The Morgan fingerprint density at radius 1 is 1.21 bits per heavy atom. The Morgan fingerprint density at radius 2 is 1.89 bits per heavy atom. The van der Waals surface area contributed by atoms with E-state index in [4.69, 9.17) is 5.11 Å². The van der Waals surface area contributed by atoms with Crippen molar-refractivity contribution in [3.8, 4) is 0 Å². The van der Waals surface area contributed by atoms with E-state index in [9.17, 15) is 14.4 Å². The highest BCUT2D eigenvalue weighted by Crippen LogP contribution is 2.34. The Labute approximate surface area is 112 Å². The summed E-state index contributed by atoms with van der Waals surface area (Å²) in [4.78, 5) is 33.6. The molecule has 0 unspecified atom stereocenters. The molecule has 4 N–H and O–H groups in total. The third kappa shape index (κ3) is 5.15. The zero-order valence-corrected chi connectivity index (χ0v) is 11.1. The Bertz CT molecular complexity index is 353. The van der Waals surface area contributed by atoms with Crippen molar-refractivity contribution in [3.63, 3.8) is 0 Å². The number of carbonyl (C=O) groups is 3. The van der Waals surface area contributed by atoms with Gasteiger partial charge in [0.05, 0.1) is 18.5 Å². The monoisotopic (exact) mass is 271 g/mol. The van der Waals surface area contributed by atoms with Gasteiger partial charge in [-0.1, -0.05) is 6.92 Å². The predicted octanol–water partition coefficient (Wildman–Crippen LogP) is 0.209. The van der Waals surface area contributed by atoms with Crippen LogP contribution in [0.1, 0.15) is 39.0 Å². The second kappa shape index (κ2) is 6.96. The first-order valence-corrected chi connectivity index (χ1v) is 6.52. The number of hydrogen-bond acceptors (Lipinski definition) is 3. The second-order valence-electron chi connectivity index (χ2n) is 4.86. The van der Waals surface area contributed by atoms with Crippen LogP contribution < -0.4 is 16.0 Å². The number of amides is 3. The van der Waals surface area contributed by atoms with Crippen molar-refractivity contribution in [2.45, 2.75) is 44.6 Å². The molecule has 1 saturated carbocycles. The molecule has 7 heteroatoms. The van der Waals surface area contributed by atoms with Crippen molar-refractivity contribution in [2.75, 3.05) is 13.1 Å². The first-order valence-electron chi connectivity index (χ1n) is 6.52. The molecule has 0 aromatic heterocycles. The number of aliphatic carboxylic acids is 1. The number of carboxylic acids is 1. The summed E-state index contributed by atoms with van der Waals surface area (Å²) in [6.07, 6.45) is 2.98. The molecule has 1 aliphatic rings. The summed E-state index contributed by atoms with van der Waals surface area (Å²) in [5.41, 5.74) is -0.643. The molecule has 0 bridgehead atoms. The molecular weight excluding hydrogens is 250 g/mol. The van der Waals surface area contributed by atoms with E-state index in [2.05, 4.69) is 16.0 Å². The summed E-state index contributed by atoms with van der Waals surface area (Å²) in [6, 6.07) is -0.493. The minimum absolute atomic E-state index is 0.0809. The van der Waals surface area contributed by atoms with Crippen LogP contribution in [0.2, 0.25) is 0 Å². The fourth-order valence-electron chi connectivity index (χ4n) is 2.01. The number of hydrogen-bond donors (Lipinski definition) is 4. The van der Waals surface area contributed by atoms with E-state index >= 15 is 0 Å². The number of nitrogens with one attached hydrogen (secondary N) is 3. The van der Waals surface area contributed by atoms with Crippen LogP contribution in [0.4, 0.5) is 4.79 Å². The Kier molecular flexibility index (Phi) is 5.59. The first-order chi connectivity index (χ1) is 8.97. The number of urea groups is 1. The molecule has 0 saturated heterocycles. The highest BCUT2D eigenvalue weighted by atomic mass is 16.4. The molecule has 0 aromatic carbocycles. The van der Waals surface area contributed by atoms with E-state index in [0.29, 0.717) is 19.4 Å². The van der Waals surface area contributed by atoms with Gasteiger partial charge in [-0.15, -0.1) is 0 Å². The molecule has 1 rings (SSSR count). The maximum Gasteiger partial charge on any atom is 0.315 e. The van der Waals surface area contributed by atoms with Crippen LogP contribution >= 0.6 is 0 Å². The van der Waals surface area contributed by atoms with Gasteiger partial charge < -0.3 is 21.1 Å². The highest BCUT2D eigenvalue weighted by Gasteiger charge is 2.40. The minimum atomic E-state index is -0.930. The van der Waals surface area contributed by atoms with Crippen LogP contribution in [0.3, 0.4) is 0 Å². The van der Waals surface area contributed by atoms with E-state index < -0.39 is 17.5 Å².